The smallest absolute Gasteiger partial charge is 0.190 e. The normalized spacial score (nSPS) is 11.2. The Morgan fingerprint density at radius 3 is 2.42 bits per heavy atom. The summed E-state index contributed by atoms with van der Waals surface area (Å²) in [6.45, 7) is 4.21. The number of thiophene rings is 1. The predicted molar refractivity (Wildman–Crippen MR) is 113 cm³/mol. The topological polar surface area (TPSA) is 25.8 Å². The van der Waals surface area contributed by atoms with Gasteiger partial charge in [-0.3, -0.25) is 0 Å². The Hall–Kier alpha value is -1.88. The molecule has 0 fully saturated rings. The number of hydrogen-bond donors (Lipinski definition) is 0. The molecule has 4 rings (SSSR count). The number of halogens is 1. The summed E-state index contributed by atoms with van der Waals surface area (Å²) in [6, 6.07) is 18.8. The zero-order chi connectivity index (χ0) is 18.1. The van der Waals surface area contributed by atoms with Crippen molar-refractivity contribution in [2.24, 2.45) is 0 Å². The third kappa shape index (κ3) is 3.50. The number of thioether (sulfide) groups is 1. The Kier molecular flexibility index (Phi) is 4.98. The zero-order valence-corrected chi connectivity index (χ0v) is 16.9. The summed E-state index contributed by atoms with van der Waals surface area (Å²) in [6.07, 6.45) is 0. The van der Waals surface area contributed by atoms with E-state index >= 15 is 0 Å². The highest BCUT2D eigenvalue weighted by molar-refractivity contribution is 7.98. The van der Waals surface area contributed by atoms with Crippen molar-refractivity contribution in [3.05, 3.63) is 75.8 Å². The molecule has 0 aliphatic rings. The van der Waals surface area contributed by atoms with E-state index in [1.807, 2.05) is 18.2 Å². The van der Waals surface area contributed by atoms with Crippen LogP contribution in [0.4, 0.5) is 0 Å². The van der Waals surface area contributed by atoms with Crippen molar-refractivity contribution in [1.29, 1.82) is 0 Å². The molecule has 0 radical (unpaired) electrons. The first-order valence-electron chi connectivity index (χ1n) is 8.32. The minimum Gasteiger partial charge on any atom is -0.211 e. The number of nitrogens with zero attached hydrogens (tertiary/aromatic N) is 2. The molecule has 0 aliphatic carbocycles. The monoisotopic (exact) mass is 396 g/mol. The molecule has 2 aromatic carbocycles. The van der Waals surface area contributed by atoms with Crippen LogP contribution in [-0.4, -0.2) is 9.97 Å². The maximum Gasteiger partial charge on any atom is 0.190 e. The molecule has 0 unspecified atom stereocenters. The largest absolute Gasteiger partial charge is 0.211 e. The van der Waals surface area contributed by atoms with E-state index in [0.29, 0.717) is 5.15 Å². The van der Waals surface area contributed by atoms with Crippen molar-refractivity contribution < 1.29 is 0 Å². The molecule has 4 aromatic rings. The van der Waals surface area contributed by atoms with E-state index < -0.39 is 0 Å². The van der Waals surface area contributed by atoms with Crippen LogP contribution in [0, 0.1) is 13.8 Å². The van der Waals surface area contributed by atoms with E-state index in [1.54, 1.807) is 23.1 Å². The third-order valence-corrected chi connectivity index (χ3v) is 6.40. The fraction of sp³-hybridized carbons (Fsp3) is 0.143. The number of aromatic nitrogens is 2. The molecule has 0 atom stereocenters. The van der Waals surface area contributed by atoms with E-state index in [1.165, 1.54) is 16.0 Å². The molecule has 2 aromatic heterocycles. The van der Waals surface area contributed by atoms with E-state index in [9.17, 15) is 0 Å². The van der Waals surface area contributed by atoms with Crippen LogP contribution >= 0.6 is 34.7 Å². The van der Waals surface area contributed by atoms with Gasteiger partial charge in [0.25, 0.3) is 0 Å². The number of aryl methyl sites for hydroxylation is 2. The molecule has 0 bridgehead atoms. The fourth-order valence-corrected chi connectivity index (χ4v) is 5.17. The lowest BCUT2D eigenvalue weighted by Crippen LogP contribution is -1.90. The van der Waals surface area contributed by atoms with Gasteiger partial charge in [-0.15, -0.1) is 11.3 Å². The lowest BCUT2D eigenvalue weighted by Gasteiger charge is -2.05. The summed E-state index contributed by atoms with van der Waals surface area (Å²) in [7, 11) is 0. The Morgan fingerprint density at radius 2 is 1.69 bits per heavy atom. The van der Waals surface area contributed by atoms with Crippen LogP contribution in [0.3, 0.4) is 0 Å². The highest BCUT2D eigenvalue weighted by atomic mass is 35.5. The average molecular weight is 397 g/mol. The van der Waals surface area contributed by atoms with Gasteiger partial charge in [0.1, 0.15) is 9.98 Å². The van der Waals surface area contributed by atoms with Crippen LogP contribution in [0.1, 0.15) is 16.0 Å². The lowest BCUT2D eigenvalue weighted by atomic mass is 10.0. The predicted octanol–water partition coefficient (Wildman–Crippen LogP) is 6.92. The highest BCUT2D eigenvalue weighted by Crippen LogP contribution is 2.41. The maximum atomic E-state index is 6.58. The van der Waals surface area contributed by atoms with E-state index in [-0.39, 0.29) is 0 Å². The van der Waals surface area contributed by atoms with Crippen LogP contribution in [0.25, 0.3) is 21.3 Å². The van der Waals surface area contributed by atoms with Gasteiger partial charge in [-0.25, -0.2) is 9.97 Å². The zero-order valence-electron chi connectivity index (χ0n) is 14.5. The number of benzene rings is 2. The minimum atomic E-state index is 0.532. The molecule has 0 aliphatic heterocycles. The fourth-order valence-electron chi connectivity index (χ4n) is 2.90. The molecule has 2 nitrogen and oxygen atoms in total. The standard InChI is InChI=1S/C21H17ClN2S2/c1-13-8-10-15(11-9-13)12-25-21-23-19(22)18-17(14(2)26-20(18)24-21)16-6-4-3-5-7-16/h3-11H,12H2,1-2H3. The molecule has 0 amide bonds. The summed E-state index contributed by atoms with van der Waals surface area (Å²) < 4.78 is 0. The first kappa shape index (κ1) is 17.5. The van der Waals surface area contributed by atoms with Gasteiger partial charge in [-0.1, -0.05) is 83.5 Å². The average Bonchev–Trinajstić information content (AvgIpc) is 2.98. The van der Waals surface area contributed by atoms with E-state index in [4.69, 9.17) is 16.6 Å². The molecule has 5 heteroatoms. The van der Waals surface area contributed by atoms with E-state index in [0.717, 1.165) is 32.3 Å². The Balaban J connectivity index is 1.68. The molecule has 0 saturated carbocycles. The first-order valence-corrected chi connectivity index (χ1v) is 10.5. The van der Waals surface area contributed by atoms with Gasteiger partial charge in [0.05, 0.1) is 5.39 Å². The SMILES string of the molecule is Cc1ccc(CSc2nc(Cl)c3c(-c4ccccc4)c(C)sc3n2)cc1. The van der Waals surface area contributed by atoms with Gasteiger partial charge in [-0.2, -0.15) is 0 Å². The van der Waals surface area contributed by atoms with E-state index in [2.05, 4.69) is 55.2 Å². The number of rotatable bonds is 4. The summed E-state index contributed by atoms with van der Waals surface area (Å²) in [5, 5.41) is 2.22. The number of hydrogen-bond acceptors (Lipinski definition) is 4. The molecule has 0 N–H and O–H groups in total. The molecular weight excluding hydrogens is 380 g/mol. The molecule has 0 spiro atoms. The van der Waals surface area contributed by atoms with Gasteiger partial charge in [0.2, 0.25) is 0 Å². The molecule has 26 heavy (non-hydrogen) atoms. The Labute approximate surface area is 166 Å². The van der Waals surface area contributed by atoms with Gasteiger partial charge < -0.3 is 0 Å². The van der Waals surface area contributed by atoms with Crippen molar-refractivity contribution in [3.8, 4) is 11.1 Å². The minimum absolute atomic E-state index is 0.532. The van der Waals surface area contributed by atoms with Crippen molar-refractivity contribution in [2.45, 2.75) is 24.8 Å². The van der Waals surface area contributed by atoms with Crippen LogP contribution < -0.4 is 0 Å². The van der Waals surface area contributed by atoms with Crippen molar-refractivity contribution >= 4 is 44.9 Å². The molecule has 2 heterocycles. The summed E-state index contributed by atoms with van der Waals surface area (Å²) in [4.78, 5) is 11.5. The highest BCUT2D eigenvalue weighted by Gasteiger charge is 2.17. The second-order valence-corrected chi connectivity index (χ2v) is 8.65. The van der Waals surface area contributed by atoms with Crippen LogP contribution in [0.5, 0.6) is 0 Å². The lowest BCUT2D eigenvalue weighted by molar-refractivity contribution is 1.01. The van der Waals surface area contributed by atoms with Crippen molar-refractivity contribution in [3.63, 3.8) is 0 Å². The molecule has 0 saturated heterocycles. The number of fused-ring (bicyclic) bond motifs is 1. The van der Waals surface area contributed by atoms with Crippen LogP contribution in [0.15, 0.2) is 59.8 Å². The second-order valence-electron chi connectivity index (χ2n) is 6.15. The Bertz CT molecular complexity index is 1060. The summed E-state index contributed by atoms with van der Waals surface area (Å²) in [5.41, 5.74) is 4.82. The molecular formula is C21H17ClN2S2. The summed E-state index contributed by atoms with van der Waals surface area (Å²) in [5.74, 6) is 0.831. The van der Waals surface area contributed by atoms with Crippen LogP contribution in [0.2, 0.25) is 5.15 Å². The maximum absolute atomic E-state index is 6.58. The van der Waals surface area contributed by atoms with Crippen molar-refractivity contribution in [1.82, 2.24) is 9.97 Å². The van der Waals surface area contributed by atoms with Gasteiger partial charge in [0.15, 0.2) is 5.16 Å². The molecule has 130 valence electrons. The van der Waals surface area contributed by atoms with Gasteiger partial charge in [-0.05, 0) is 25.0 Å². The van der Waals surface area contributed by atoms with Crippen molar-refractivity contribution in [2.75, 3.05) is 0 Å². The Morgan fingerprint density at radius 1 is 0.962 bits per heavy atom. The second kappa shape index (κ2) is 7.39. The van der Waals surface area contributed by atoms with Gasteiger partial charge in [0, 0.05) is 16.2 Å². The first-order chi connectivity index (χ1) is 12.6. The third-order valence-electron chi connectivity index (χ3n) is 4.21. The summed E-state index contributed by atoms with van der Waals surface area (Å²) >= 11 is 9.87. The van der Waals surface area contributed by atoms with Crippen LogP contribution in [-0.2, 0) is 5.75 Å². The van der Waals surface area contributed by atoms with Gasteiger partial charge >= 0.3 is 0 Å². The quantitative estimate of drug-likeness (QED) is 0.212.